The smallest absolute Gasteiger partial charge is 0.257 e. The standard InChI is InChI=1S/C18H14Cl2N4O/c19-14-2-3-16(15(20)9-14)24-18(25)13-1-4-17(23-11-13)22-10-12-5-7-21-8-6-12/h1-9,11H,10H2,(H,22,23)(H,24,25). The number of nitrogens with one attached hydrogen (secondary N) is 2. The number of benzene rings is 1. The number of anilines is 2. The Morgan fingerprint density at radius 1 is 1.04 bits per heavy atom. The maximum Gasteiger partial charge on any atom is 0.257 e. The summed E-state index contributed by atoms with van der Waals surface area (Å²) in [4.78, 5) is 20.5. The highest BCUT2D eigenvalue weighted by atomic mass is 35.5. The predicted octanol–water partition coefficient (Wildman–Crippen LogP) is 4.65. The molecule has 3 aromatic rings. The predicted molar refractivity (Wildman–Crippen MR) is 100 cm³/mol. The molecule has 0 aliphatic carbocycles. The third-order valence-electron chi connectivity index (χ3n) is 3.43. The van der Waals surface area contributed by atoms with Gasteiger partial charge in [0, 0.05) is 30.2 Å². The number of aromatic nitrogens is 2. The van der Waals surface area contributed by atoms with Crippen LogP contribution in [0.1, 0.15) is 15.9 Å². The minimum atomic E-state index is -0.294. The van der Waals surface area contributed by atoms with Gasteiger partial charge in [-0.3, -0.25) is 9.78 Å². The average Bonchev–Trinajstić information content (AvgIpc) is 2.63. The molecular weight excluding hydrogens is 359 g/mol. The zero-order valence-corrected chi connectivity index (χ0v) is 14.6. The highest BCUT2D eigenvalue weighted by molar-refractivity contribution is 6.36. The number of nitrogens with zero attached hydrogens (tertiary/aromatic N) is 2. The van der Waals surface area contributed by atoms with Crippen LogP contribution in [-0.2, 0) is 6.54 Å². The van der Waals surface area contributed by atoms with Gasteiger partial charge in [0.25, 0.3) is 5.91 Å². The van der Waals surface area contributed by atoms with Crippen LogP contribution in [-0.4, -0.2) is 15.9 Å². The summed E-state index contributed by atoms with van der Waals surface area (Å²) in [5, 5.41) is 6.81. The summed E-state index contributed by atoms with van der Waals surface area (Å²) in [6, 6.07) is 12.2. The lowest BCUT2D eigenvalue weighted by Crippen LogP contribution is -2.13. The van der Waals surface area contributed by atoms with Gasteiger partial charge in [0.1, 0.15) is 5.82 Å². The van der Waals surface area contributed by atoms with Crippen LogP contribution in [0.15, 0.2) is 61.1 Å². The van der Waals surface area contributed by atoms with Gasteiger partial charge < -0.3 is 10.6 Å². The first kappa shape index (κ1) is 17.2. The zero-order chi connectivity index (χ0) is 17.6. The highest BCUT2D eigenvalue weighted by Gasteiger charge is 2.09. The number of carbonyl (C=O) groups excluding carboxylic acids is 1. The van der Waals surface area contributed by atoms with Gasteiger partial charge in [-0.15, -0.1) is 0 Å². The van der Waals surface area contributed by atoms with Gasteiger partial charge >= 0.3 is 0 Å². The molecule has 126 valence electrons. The van der Waals surface area contributed by atoms with Gasteiger partial charge in [0.05, 0.1) is 16.3 Å². The summed E-state index contributed by atoms with van der Waals surface area (Å²) in [6.07, 6.45) is 4.98. The molecule has 0 saturated carbocycles. The molecule has 3 rings (SSSR count). The van der Waals surface area contributed by atoms with E-state index in [-0.39, 0.29) is 5.91 Å². The third-order valence-corrected chi connectivity index (χ3v) is 3.98. The molecule has 0 bridgehead atoms. The third kappa shape index (κ3) is 4.68. The molecule has 2 aromatic heterocycles. The zero-order valence-electron chi connectivity index (χ0n) is 13.0. The van der Waals surface area contributed by atoms with Crippen molar-refractivity contribution in [2.45, 2.75) is 6.54 Å². The Bertz CT molecular complexity index is 870. The van der Waals surface area contributed by atoms with Crippen molar-refractivity contribution in [2.75, 3.05) is 10.6 Å². The van der Waals surface area contributed by atoms with E-state index in [4.69, 9.17) is 23.2 Å². The Morgan fingerprint density at radius 2 is 1.84 bits per heavy atom. The Morgan fingerprint density at radius 3 is 2.52 bits per heavy atom. The molecule has 0 atom stereocenters. The molecule has 1 aromatic carbocycles. The van der Waals surface area contributed by atoms with Crippen molar-refractivity contribution in [3.05, 3.63) is 82.2 Å². The molecular formula is C18H14Cl2N4O. The van der Waals surface area contributed by atoms with Crippen LogP contribution in [0.3, 0.4) is 0 Å². The first-order valence-corrected chi connectivity index (χ1v) is 8.22. The summed E-state index contributed by atoms with van der Waals surface area (Å²) in [5.74, 6) is 0.385. The van der Waals surface area contributed by atoms with Crippen LogP contribution in [0.2, 0.25) is 10.0 Å². The van der Waals surface area contributed by atoms with Gasteiger partial charge in [-0.25, -0.2) is 4.98 Å². The minimum absolute atomic E-state index is 0.294. The topological polar surface area (TPSA) is 66.9 Å². The molecule has 2 N–H and O–H groups in total. The summed E-state index contributed by atoms with van der Waals surface area (Å²) < 4.78 is 0. The molecule has 0 aliphatic heterocycles. The van der Waals surface area contributed by atoms with Gasteiger partial charge in [-0.1, -0.05) is 23.2 Å². The molecule has 0 aliphatic rings. The second-order valence-corrected chi connectivity index (χ2v) is 6.06. The largest absolute Gasteiger partial charge is 0.366 e. The molecule has 0 spiro atoms. The van der Waals surface area contributed by atoms with Gasteiger partial charge in [-0.2, -0.15) is 0 Å². The fourth-order valence-electron chi connectivity index (χ4n) is 2.11. The van der Waals surface area contributed by atoms with Gasteiger partial charge in [0.2, 0.25) is 0 Å². The van der Waals surface area contributed by atoms with E-state index in [2.05, 4.69) is 20.6 Å². The van der Waals surface area contributed by atoms with Crippen molar-refractivity contribution in [2.24, 2.45) is 0 Å². The number of rotatable bonds is 5. The second-order valence-electron chi connectivity index (χ2n) is 5.22. The maximum absolute atomic E-state index is 12.3. The molecule has 0 radical (unpaired) electrons. The van der Waals surface area contributed by atoms with Crippen LogP contribution in [0.5, 0.6) is 0 Å². The maximum atomic E-state index is 12.3. The van der Waals surface area contributed by atoms with E-state index in [9.17, 15) is 4.79 Å². The van der Waals surface area contributed by atoms with Crippen molar-refractivity contribution in [1.82, 2.24) is 9.97 Å². The number of carbonyl (C=O) groups is 1. The van der Waals surface area contributed by atoms with Crippen LogP contribution in [0, 0.1) is 0 Å². The highest BCUT2D eigenvalue weighted by Crippen LogP contribution is 2.25. The fourth-order valence-corrected chi connectivity index (χ4v) is 2.57. The Labute approximate surface area is 155 Å². The molecule has 1 amide bonds. The van der Waals surface area contributed by atoms with E-state index in [0.717, 1.165) is 5.56 Å². The summed E-state index contributed by atoms with van der Waals surface area (Å²) in [5.41, 5.74) is 2.02. The van der Waals surface area contributed by atoms with Crippen LogP contribution >= 0.6 is 23.2 Å². The quantitative estimate of drug-likeness (QED) is 0.683. The minimum Gasteiger partial charge on any atom is -0.366 e. The van der Waals surface area contributed by atoms with E-state index < -0.39 is 0 Å². The molecule has 0 fully saturated rings. The van der Waals surface area contributed by atoms with E-state index >= 15 is 0 Å². The molecule has 7 heteroatoms. The Kier molecular flexibility index (Phi) is 5.48. The first-order valence-electron chi connectivity index (χ1n) is 7.47. The van der Waals surface area contributed by atoms with Crippen molar-refractivity contribution in [1.29, 1.82) is 0 Å². The summed E-state index contributed by atoms with van der Waals surface area (Å²) in [7, 11) is 0. The van der Waals surface area contributed by atoms with Crippen LogP contribution in [0.25, 0.3) is 0 Å². The lowest BCUT2D eigenvalue weighted by molar-refractivity contribution is 0.102. The van der Waals surface area contributed by atoms with E-state index in [0.29, 0.717) is 33.7 Å². The molecule has 5 nitrogen and oxygen atoms in total. The Hall–Kier alpha value is -2.63. The average molecular weight is 373 g/mol. The number of halogens is 2. The molecule has 2 heterocycles. The number of amides is 1. The number of pyridine rings is 2. The van der Waals surface area contributed by atoms with Crippen LogP contribution < -0.4 is 10.6 Å². The van der Waals surface area contributed by atoms with Gasteiger partial charge in [-0.05, 0) is 48.0 Å². The summed E-state index contributed by atoms with van der Waals surface area (Å²) in [6.45, 7) is 0.626. The second kappa shape index (κ2) is 7.96. The van der Waals surface area contributed by atoms with Crippen molar-refractivity contribution < 1.29 is 4.79 Å². The lowest BCUT2D eigenvalue weighted by atomic mass is 10.2. The van der Waals surface area contributed by atoms with E-state index in [1.165, 1.54) is 6.20 Å². The summed E-state index contributed by atoms with van der Waals surface area (Å²) >= 11 is 11.9. The van der Waals surface area contributed by atoms with E-state index in [1.54, 1.807) is 42.7 Å². The van der Waals surface area contributed by atoms with Crippen molar-refractivity contribution in [3.8, 4) is 0 Å². The molecule has 0 unspecified atom stereocenters. The normalized spacial score (nSPS) is 10.3. The van der Waals surface area contributed by atoms with Crippen LogP contribution in [0.4, 0.5) is 11.5 Å². The molecule has 25 heavy (non-hydrogen) atoms. The monoisotopic (exact) mass is 372 g/mol. The van der Waals surface area contributed by atoms with E-state index in [1.807, 2.05) is 12.1 Å². The molecule has 0 saturated heterocycles. The van der Waals surface area contributed by atoms with Crippen molar-refractivity contribution >= 4 is 40.6 Å². The fraction of sp³-hybridized carbons (Fsp3) is 0.0556. The number of hydrogen-bond donors (Lipinski definition) is 2. The Balaban J connectivity index is 1.62. The van der Waals surface area contributed by atoms with Gasteiger partial charge in [0.15, 0.2) is 0 Å². The van der Waals surface area contributed by atoms with Crippen molar-refractivity contribution in [3.63, 3.8) is 0 Å². The SMILES string of the molecule is O=C(Nc1ccc(Cl)cc1Cl)c1ccc(NCc2ccncc2)nc1. The number of hydrogen-bond acceptors (Lipinski definition) is 4. The first-order chi connectivity index (χ1) is 12.1. The lowest BCUT2D eigenvalue weighted by Gasteiger charge is -2.09.